The Bertz CT molecular complexity index is 126. The van der Waals surface area contributed by atoms with Crippen LogP contribution < -0.4 is 0 Å². The Kier molecular flexibility index (Phi) is 1.36. The predicted molar refractivity (Wildman–Crippen MR) is 29.2 cm³/mol. The van der Waals surface area contributed by atoms with Gasteiger partial charge in [0, 0.05) is 11.8 Å². The Balaban J connectivity index is 2.76. The van der Waals surface area contributed by atoms with E-state index < -0.39 is 0 Å². The first-order valence-corrected chi connectivity index (χ1v) is 2.57. The van der Waals surface area contributed by atoms with E-state index in [1.807, 2.05) is 0 Å². The number of hydrogen-bond acceptors (Lipinski definition) is 3. The summed E-state index contributed by atoms with van der Waals surface area (Å²) in [5.41, 5.74) is 0.878. The maximum absolute atomic E-state index is 4.51. The standard InChI is InChI=1S/C4H5NOS/c7-3-4-1-2-6-5-4/h1-2,7H,3H2. The summed E-state index contributed by atoms with van der Waals surface area (Å²) in [6.07, 6.45) is 1.53. The number of rotatable bonds is 1. The lowest BCUT2D eigenvalue weighted by molar-refractivity contribution is 0.414. The summed E-state index contributed by atoms with van der Waals surface area (Å²) in [6, 6.07) is 1.78. The van der Waals surface area contributed by atoms with Gasteiger partial charge in [-0.15, -0.1) is 0 Å². The normalized spacial score (nSPS) is 9.29. The number of aromatic nitrogens is 1. The molecule has 0 unspecified atom stereocenters. The Morgan fingerprint density at radius 2 is 2.71 bits per heavy atom. The molecule has 0 N–H and O–H groups in total. The van der Waals surface area contributed by atoms with Crippen LogP contribution in [0.5, 0.6) is 0 Å². The molecule has 1 heterocycles. The van der Waals surface area contributed by atoms with Crippen molar-refractivity contribution in [3.8, 4) is 0 Å². The fourth-order valence-corrected chi connectivity index (χ4v) is 0.482. The maximum atomic E-state index is 4.51. The van der Waals surface area contributed by atoms with Gasteiger partial charge in [-0.1, -0.05) is 5.16 Å². The lowest BCUT2D eigenvalue weighted by Gasteiger charge is -1.74. The molecule has 0 radical (unpaired) electrons. The topological polar surface area (TPSA) is 26.0 Å². The van der Waals surface area contributed by atoms with Gasteiger partial charge in [-0.05, 0) is 0 Å². The Morgan fingerprint density at radius 3 is 3.00 bits per heavy atom. The van der Waals surface area contributed by atoms with Crippen molar-refractivity contribution in [2.24, 2.45) is 0 Å². The Hall–Kier alpha value is -0.440. The van der Waals surface area contributed by atoms with Gasteiger partial charge in [-0.2, -0.15) is 12.6 Å². The molecule has 0 bridgehead atoms. The maximum Gasteiger partial charge on any atom is 0.124 e. The quantitative estimate of drug-likeness (QED) is 0.555. The molecule has 7 heavy (non-hydrogen) atoms. The summed E-state index contributed by atoms with van der Waals surface area (Å²) < 4.78 is 4.51. The van der Waals surface area contributed by atoms with Crippen LogP contribution in [-0.4, -0.2) is 5.16 Å². The van der Waals surface area contributed by atoms with Gasteiger partial charge in [0.25, 0.3) is 0 Å². The van der Waals surface area contributed by atoms with Crippen molar-refractivity contribution < 1.29 is 4.52 Å². The Morgan fingerprint density at radius 1 is 1.86 bits per heavy atom. The number of hydrogen-bond donors (Lipinski definition) is 1. The van der Waals surface area contributed by atoms with E-state index in [0.29, 0.717) is 5.75 Å². The van der Waals surface area contributed by atoms with Gasteiger partial charge in [0.2, 0.25) is 0 Å². The van der Waals surface area contributed by atoms with E-state index in [9.17, 15) is 0 Å². The van der Waals surface area contributed by atoms with E-state index in [-0.39, 0.29) is 0 Å². The van der Waals surface area contributed by atoms with Crippen molar-refractivity contribution in [1.29, 1.82) is 0 Å². The lowest BCUT2D eigenvalue weighted by atomic mass is 10.5. The summed E-state index contributed by atoms with van der Waals surface area (Å²) in [4.78, 5) is 0. The second-order valence-electron chi connectivity index (χ2n) is 1.15. The highest BCUT2D eigenvalue weighted by molar-refractivity contribution is 7.79. The zero-order chi connectivity index (χ0) is 5.11. The van der Waals surface area contributed by atoms with Crippen LogP contribution in [0.3, 0.4) is 0 Å². The summed E-state index contributed by atoms with van der Waals surface area (Å²) in [7, 11) is 0. The fourth-order valence-electron chi connectivity index (χ4n) is 0.319. The van der Waals surface area contributed by atoms with Crippen molar-refractivity contribution in [3.05, 3.63) is 18.0 Å². The van der Waals surface area contributed by atoms with Crippen molar-refractivity contribution in [2.45, 2.75) is 5.75 Å². The van der Waals surface area contributed by atoms with Crippen LogP contribution in [0, 0.1) is 0 Å². The molecule has 0 fully saturated rings. The molecule has 0 saturated carbocycles. The van der Waals surface area contributed by atoms with Crippen molar-refractivity contribution in [1.82, 2.24) is 5.16 Å². The van der Waals surface area contributed by atoms with Crippen molar-refractivity contribution >= 4 is 12.6 Å². The van der Waals surface area contributed by atoms with Crippen LogP contribution in [0.1, 0.15) is 5.69 Å². The zero-order valence-corrected chi connectivity index (χ0v) is 4.56. The van der Waals surface area contributed by atoms with E-state index in [1.54, 1.807) is 6.07 Å². The van der Waals surface area contributed by atoms with Gasteiger partial charge in [0.1, 0.15) is 6.26 Å². The molecule has 0 amide bonds. The largest absolute Gasteiger partial charge is 0.364 e. The van der Waals surface area contributed by atoms with E-state index in [4.69, 9.17) is 0 Å². The third kappa shape index (κ3) is 0.962. The highest BCUT2D eigenvalue weighted by atomic mass is 32.1. The molecule has 38 valence electrons. The molecule has 1 aromatic heterocycles. The van der Waals surface area contributed by atoms with Gasteiger partial charge in [-0.25, -0.2) is 0 Å². The molecule has 1 rings (SSSR count). The second kappa shape index (κ2) is 2.02. The highest BCUT2D eigenvalue weighted by Crippen LogP contribution is 1.96. The highest BCUT2D eigenvalue weighted by Gasteiger charge is 1.86. The van der Waals surface area contributed by atoms with Gasteiger partial charge < -0.3 is 4.52 Å². The molecule has 0 aliphatic rings. The minimum atomic E-state index is 0.649. The fraction of sp³-hybridized carbons (Fsp3) is 0.250. The average molecular weight is 115 g/mol. The van der Waals surface area contributed by atoms with Crippen LogP contribution in [-0.2, 0) is 5.75 Å². The summed E-state index contributed by atoms with van der Waals surface area (Å²) in [6.45, 7) is 0. The summed E-state index contributed by atoms with van der Waals surface area (Å²) in [5, 5.41) is 3.58. The van der Waals surface area contributed by atoms with Crippen LogP contribution >= 0.6 is 12.6 Å². The molecule has 0 aliphatic heterocycles. The average Bonchev–Trinajstić information content (AvgIpc) is 2.14. The first-order valence-electron chi connectivity index (χ1n) is 1.93. The molecule has 0 spiro atoms. The molecule has 3 heteroatoms. The second-order valence-corrected chi connectivity index (χ2v) is 1.47. The first-order chi connectivity index (χ1) is 3.43. The molecule has 0 saturated heterocycles. The zero-order valence-electron chi connectivity index (χ0n) is 3.66. The summed E-state index contributed by atoms with van der Waals surface area (Å²) in [5.74, 6) is 0.649. The molecule has 0 aromatic carbocycles. The third-order valence-electron chi connectivity index (χ3n) is 0.653. The summed E-state index contributed by atoms with van der Waals surface area (Å²) >= 11 is 3.95. The monoisotopic (exact) mass is 115 g/mol. The predicted octanol–water partition coefficient (Wildman–Crippen LogP) is 1.10. The van der Waals surface area contributed by atoms with Crippen LogP contribution in [0.2, 0.25) is 0 Å². The van der Waals surface area contributed by atoms with Crippen LogP contribution in [0.25, 0.3) is 0 Å². The molecule has 1 aromatic rings. The minimum absolute atomic E-state index is 0.649. The van der Waals surface area contributed by atoms with Crippen LogP contribution in [0.15, 0.2) is 16.9 Å². The SMILES string of the molecule is SCc1ccon1. The Labute approximate surface area is 46.9 Å². The molecule has 2 nitrogen and oxygen atoms in total. The molecule has 0 aliphatic carbocycles. The van der Waals surface area contributed by atoms with E-state index >= 15 is 0 Å². The van der Waals surface area contributed by atoms with Crippen molar-refractivity contribution in [2.75, 3.05) is 0 Å². The van der Waals surface area contributed by atoms with E-state index in [1.165, 1.54) is 6.26 Å². The minimum Gasteiger partial charge on any atom is -0.364 e. The van der Waals surface area contributed by atoms with Gasteiger partial charge in [0.05, 0.1) is 5.69 Å². The van der Waals surface area contributed by atoms with Crippen molar-refractivity contribution in [3.63, 3.8) is 0 Å². The third-order valence-corrected chi connectivity index (χ3v) is 0.977. The number of nitrogens with zero attached hydrogens (tertiary/aromatic N) is 1. The van der Waals surface area contributed by atoms with E-state index in [0.717, 1.165) is 5.69 Å². The molecular formula is C4H5NOS. The van der Waals surface area contributed by atoms with Gasteiger partial charge >= 0.3 is 0 Å². The molecule has 0 atom stereocenters. The lowest BCUT2D eigenvalue weighted by Crippen LogP contribution is -1.70. The van der Waals surface area contributed by atoms with Crippen LogP contribution in [0.4, 0.5) is 0 Å². The molecular weight excluding hydrogens is 110 g/mol. The van der Waals surface area contributed by atoms with Gasteiger partial charge in [0.15, 0.2) is 0 Å². The van der Waals surface area contributed by atoms with E-state index in [2.05, 4.69) is 22.3 Å². The first kappa shape index (κ1) is 4.71. The number of thiol groups is 1. The smallest absolute Gasteiger partial charge is 0.124 e. The van der Waals surface area contributed by atoms with Gasteiger partial charge in [-0.3, -0.25) is 0 Å².